The number of nitrogens with zero attached hydrogens (tertiary/aromatic N) is 1. The molecule has 0 N–H and O–H groups in total. The van der Waals surface area contributed by atoms with Gasteiger partial charge < -0.3 is 4.90 Å². The van der Waals surface area contributed by atoms with E-state index < -0.39 is 0 Å². The molecule has 1 aliphatic rings. The van der Waals surface area contributed by atoms with E-state index in [1.165, 1.54) is 5.56 Å². The van der Waals surface area contributed by atoms with E-state index in [4.69, 9.17) is 23.8 Å². The van der Waals surface area contributed by atoms with Gasteiger partial charge in [-0.2, -0.15) is 0 Å². The van der Waals surface area contributed by atoms with Crippen LogP contribution in [0.2, 0.25) is 5.02 Å². The molecule has 0 amide bonds. The first-order valence-corrected chi connectivity index (χ1v) is 4.52. The summed E-state index contributed by atoms with van der Waals surface area (Å²) in [4.78, 5) is 2.98. The van der Waals surface area contributed by atoms with Crippen molar-refractivity contribution >= 4 is 34.5 Å². The smallest absolute Gasteiger partial charge is 0.0866 e. The van der Waals surface area contributed by atoms with Gasteiger partial charge in [0.15, 0.2) is 0 Å². The van der Waals surface area contributed by atoms with Crippen molar-refractivity contribution in [3.05, 3.63) is 28.8 Å². The Morgan fingerprint density at radius 1 is 1.50 bits per heavy atom. The average molecular weight is 198 g/mol. The zero-order valence-electron chi connectivity index (χ0n) is 6.67. The molecule has 1 aliphatic heterocycles. The van der Waals surface area contributed by atoms with Crippen LogP contribution < -0.4 is 4.90 Å². The van der Waals surface area contributed by atoms with Crippen molar-refractivity contribution in [2.75, 3.05) is 11.9 Å². The number of rotatable bonds is 0. The Balaban J connectivity index is 2.55. The molecule has 1 aromatic rings. The van der Waals surface area contributed by atoms with E-state index in [9.17, 15) is 0 Å². The average Bonchev–Trinajstić information content (AvgIpc) is 2.31. The number of likely N-dealkylation sites (N-methyl/N-ethyl adjacent to an activating group) is 1. The Kier molecular flexibility index (Phi) is 1.81. The minimum absolute atomic E-state index is 0.769. The molecule has 0 bridgehead atoms. The number of halogens is 1. The fraction of sp³-hybridized carbons (Fsp3) is 0.222. The van der Waals surface area contributed by atoms with Gasteiger partial charge in [0.2, 0.25) is 0 Å². The lowest BCUT2D eigenvalue weighted by molar-refractivity contribution is 1.32. The molecule has 2 rings (SSSR count). The number of hydrogen-bond acceptors (Lipinski definition) is 1. The van der Waals surface area contributed by atoms with E-state index in [1.807, 2.05) is 30.1 Å². The summed E-state index contributed by atoms with van der Waals surface area (Å²) >= 11 is 11.0. The van der Waals surface area contributed by atoms with E-state index in [1.54, 1.807) is 0 Å². The molecule has 3 heteroatoms. The molecule has 1 aromatic carbocycles. The third-order valence-corrected chi connectivity index (χ3v) is 2.78. The SMILES string of the molecule is CN1C(=S)Cc2ccc(Cl)cc21. The van der Waals surface area contributed by atoms with Crippen LogP contribution in [0.4, 0.5) is 5.69 Å². The molecule has 0 radical (unpaired) electrons. The van der Waals surface area contributed by atoms with Crippen LogP contribution in [-0.2, 0) is 6.42 Å². The number of fused-ring (bicyclic) bond motifs is 1. The van der Waals surface area contributed by atoms with Gasteiger partial charge in [-0.15, -0.1) is 0 Å². The third-order valence-electron chi connectivity index (χ3n) is 2.12. The Bertz CT molecular complexity index is 348. The summed E-state index contributed by atoms with van der Waals surface area (Å²) in [6.07, 6.45) is 0.873. The van der Waals surface area contributed by atoms with E-state index in [0.717, 1.165) is 22.1 Å². The zero-order valence-corrected chi connectivity index (χ0v) is 8.25. The van der Waals surface area contributed by atoms with Gasteiger partial charge in [-0.1, -0.05) is 29.9 Å². The van der Waals surface area contributed by atoms with Gasteiger partial charge in [-0.25, -0.2) is 0 Å². The molecule has 0 aliphatic carbocycles. The van der Waals surface area contributed by atoms with Crippen molar-refractivity contribution in [1.82, 2.24) is 0 Å². The number of benzene rings is 1. The summed E-state index contributed by atoms with van der Waals surface area (Å²) in [7, 11) is 1.98. The number of thiocarbonyl (C=S) groups is 1. The predicted molar refractivity (Wildman–Crippen MR) is 56.2 cm³/mol. The van der Waals surface area contributed by atoms with Gasteiger partial charge in [0.25, 0.3) is 0 Å². The minimum atomic E-state index is 0.769. The van der Waals surface area contributed by atoms with Crippen LogP contribution >= 0.6 is 23.8 Å². The minimum Gasteiger partial charge on any atom is -0.339 e. The van der Waals surface area contributed by atoms with Gasteiger partial charge in [-0.05, 0) is 17.7 Å². The molecular weight excluding hydrogens is 190 g/mol. The third kappa shape index (κ3) is 1.11. The van der Waals surface area contributed by atoms with Crippen molar-refractivity contribution in [2.45, 2.75) is 6.42 Å². The maximum absolute atomic E-state index is 5.87. The van der Waals surface area contributed by atoms with Crippen molar-refractivity contribution in [3.63, 3.8) is 0 Å². The zero-order chi connectivity index (χ0) is 8.72. The summed E-state index contributed by atoms with van der Waals surface area (Å²) in [5.41, 5.74) is 2.42. The van der Waals surface area contributed by atoms with E-state index in [0.29, 0.717) is 0 Å². The quantitative estimate of drug-likeness (QED) is 0.589. The molecule has 62 valence electrons. The second kappa shape index (κ2) is 2.71. The fourth-order valence-corrected chi connectivity index (χ4v) is 1.83. The van der Waals surface area contributed by atoms with E-state index in [-0.39, 0.29) is 0 Å². The summed E-state index contributed by atoms with van der Waals surface area (Å²) in [5, 5.41) is 0.769. The highest BCUT2D eigenvalue weighted by Crippen LogP contribution is 2.30. The lowest BCUT2D eigenvalue weighted by atomic mass is 10.2. The summed E-state index contributed by atoms with van der Waals surface area (Å²) < 4.78 is 0. The first-order chi connectivity index (χ1) is 5.68. The van der Waals surface area contributed by atoms with Crippen molar-refractivity contribution in [3.8, 4) is 0 Å². The maximum atomic E-state index is 5.87. The molecule has 1 heterocycles. The molecule has 0 fully saturated rings. The normalized spacial score (nSPS) is 15.2. The van der Waals surface area contributed by atoms with Crippen LogP contribution in [0.3, 0.4) is 0 Å². The molecule has 0 saturated heterocycles. The predicted octanol–water partition coefficient (Wildman–Crippen LogP) is 2.66. The molecular formula is C9H8ClNS. The van der Waals surface area contributed by atoms with Crippen LogP contribution in [0.15, 0.2) is 18.2 Å². The van der Waals surface area contributed by atoms with Crippen LogP contribution in [0.5, 0.6) is 0 Å². The van der Waals surface area contributed by atoms with Crippen molar-refractivity contribution in [1.29, 1.82) is 0 Å². The Hall–Kier alpha value is -0.600. The summed E-state index contributed by atoms with van der Waals surface area (Å²) in [6, 6.07) is 5.89. The molecule has 12 heavy (non-hydrogen) atoms. The summed E-state index contributed by atoms with van der Waals surface area (Å²) in [5.74, 6) is 0. The van der Waals surface area contributed by atoms with Crippen molar-refractivity contribution < 1.29 is 0 Å². The second-order valence-electron chi connectivity index (χ2n) is 2.90. The molecule has 0 unspecified atom stereocenters. The molecule has 0 atom stereocenters. The topological polar surface area (TPSA) is 3.24 Å². The monoisotopic (exact) mass is 197 g/mol. The van der Waals surface area contributed by atoms with Crippen LogP contribution in [-0.4, -0.2) is 12.0 Å². The van der Waals surface area contributed by atoms with Gasteiger partial charge in [0, 0.05) is 24.2 Å². The van der Waals surface area contributed by atoms with Gasteiger partial charge >= 0.3 is 0 Å². The van der Waals surface area contributed by atoms with Crippen LogP contribution in [0.1, 0.15) is 5.56 Å². The standard InChI is InChI=1S/C9H8ClNS/c1-11-8-5-7(10)3-2-6(8)4-9(11)12/h2-3,5H,4H2,1H3. The van der Waals surface area contributed by atoms with E-state index in [2.05, 4.69) is 0 Å². The molecule has 0 saturated carbocycles. The highest BCUT2D eigenvalue weighted by atomic mass is 35.5. The van der Waals surface area contributed by atoms with Gasteiger partial charge in [0.1, 0.15) is 0 Å². The van der Waals surface area contributed by atoms with Crippen molar-refractivity contribution in [2.24, 2.45) is 0 Å². The first kappa shape index (κ1) is 8.02. The fourth-order valence-electron chi connectivity index (χ4n) is 1.41. The highest BCUT2D eigenvalue weighted by Gasteiger charge is 2.20. The lowest BCUT2D eigenvalue weighted by Crippen LogP contribution is -2.18. The molecule has 0 aromatic heterocycles. The maximum Gasteiger partial charge on any atom is 0.0866 e. The highest BCUT2D eigenvalue weighted by molar-refractivity contribution is 7.80. The Morgan fingerprint density at radius 2 is 2.25 bits per heavy atom. The number of hydrogen-bond donors (Lipinski definition) is 0. The Morgan fingerprint density at radius 3 is 3.00 bits per heavy atom. The Labute approximate surface area is 81.9 Å². The largest absolute Gasteiger partial charge is 0.339 e. The summed E-state index contributed by atoms with van der Waals surface area (Å²) in [6.45, 7) is 0. The van der Waals surface area contributed by atoms with Gasteiger partial charge in [0.05, 0.1) is 4.99 Å². The van der Waals surface area contributed by atoms with E-state index >= 15 is 0 Å². The molecule has 0 spiro atoms. The number of anilines is 1. The van der Waals surface area contributed by atoms with Crippen LogP contribution in [0.25, 0.3) is 0 Å². The van der Waals surface area contributed by atoms with Gasteiger partial charge in [-0.3, -0.25) is 0 Å². The lowest BCUT2D eigenvalue weighted by Gasteiger charge is -2.11. The van der Waals surface area contributed by atoms with Crippen LogP contribution in [0, 0.1) is 0 Å². The second-order valence-corrected chi connectivity index (χ2v) is 3.81. The first-order valence-electron chi connectivity index (χ1n) is 3.73. The molecule has 1 nitrogen and oxygen atoms in total.